The van der Waals surface area contributed by atoms with Gasteiger partial charge in [0.25, 0.3) is 0 Å². The number of nitrogens with one attached hydrogen (secondary N) is 2. The number of hydrogen-bond acceptors (Lipinski definition) is 8. The Morgan fingerprint density at radius 1 is 1.32 bits per heavy atom. The van der Waals surface area contributed by atoms with Crippen molar-refractivity contribution in [2.24, 2.45) is 11.3 Å². The van der Waals surface area contributed by atoms with E-state index in [1.54, 1.807) is 11.8 Å². The summed E-state index contributed by atoms with van der Waals surface area (Å²) in [6.07, 6.45) is 11.3. The molecule has 1 saturated carbocycles. The van der Waals surface area contributed by atoms with E-state index in [0.29, 0.717) is 17.5 Å². The van der Waals surface area contributed by atoms with Crippen LogP contribution in [0, 0.1) is 11.3 Å². The van der Waals surface area contributed by atoms with E-state index in [2.05, 4.69) is 48.9 Å². The predicted octanol–water partition coefficient (Wildman–Crippen LogP) is 3.87. The fourth-order valence-electron chi connectivity index (χ4n) is 5.60. The zero-order chi connectivity index (χ0) is 21.3. The molecule has 8 nitrogen and oxygen atoms in total. The molecule has 1 amide bonds. The van der Waals surface area contributed by atoms with E-state index < -0.39 is 0 Å². The summed E-state index contributed by atoms with van der Waals surface area (Å²) in [5.74, 6) is 1.63. The minimum atomic E-state index is 0.0627. The third kappa shape index (κ3) is 4.71. The lowest BCUT2D eigenvalue weighted by atomic mass is 9.61. The fraction of sp³-hybridized carbons (Fsp3) is 0.591. The number of rotatable bonds is 6. The van der Waals surface area contributed by atoms with Crippen LogP contribution in [0.3, 0.4) is 0 Å². The maximum absolute atomic E-state index is 12.8. The van der Waals surface area contributed by atoms with Crippen molar-refractivity contribution < 1.29 is 4.79 Å². The van der Waals surface area contributed by atoms with Crippen LogP contribution in [0.25, 0.3) is 0 Å². The highest BCUT2D eigenvalue weighted by Crippen LogP contribution is 2.50. The smallest absolute Gasteiger partial charge is 0.226 e. The Hall–Kier alpha value is -2.55. The van der Waals surface area contributed by atoms with Gasteiger partial charge in [0.1, 0.15) is 0 Å². The first-order valence-corrected chi connectivity index (χ1v) is 12.0. The molecule has 9 heteroatoms. The van der Waals surface area contributed by atoms with Gasteiger partial charge in [0.05, 0.1) is 0 Å². The van der Waals surface area contributed by atoms with Crippen LogP contribution in [0.15, 0.2) is 30.0 Å². The van der Waals surface area contributed by atoms with Gasteiger partial charge < -0.3 is 15.5 Å². The van der Waals surface area contributed by atoms with Gasteiger partial charge in [0.2, 0.25) is 16.2 Å². The van der Waals surface area contributed by atoms with Gasteiger partial charge in [-0.15, -0.1) is 15.3 Å². The summed E-state index contributed by atoms with van der Waals surface area (Å²) in [7, 11) is 0. The van der Waals surface area contributed by atoms with Crippen molar-refractivity contribution in [1.29, 1.82) is 0 Å². The van der Waals surface area contributed by atoms with Crippen LogP contribution < -0.4 is 15.5 Å². The summed E-state index contributed by atoms with van der Waals surface area (Å²) in [5, 5.41) is 24.3. The largest absolute Gasteiger partial charge is 0.355 e. The zero-order valence-corrected chi connectivity index (χ0v) is 18.7. The van der Waals surface area contributed by atoms with Crippen molar-refractivity contribution in [2.75, 3.05) is 28.6 Å². The van der Waals surface area contributed by atoms with Gasteiger partial charge in [-0.2, -0.15) is 5.10 Å². The SMILES string of the molecule is CC1CC2=CCCC(CC(=O)Nc3nnc(NC4CCN(c5cccnn5)C4)s3)(C2)C1. The van der Waals surface area contributed by atoms with Crippen molar-refractivity contribution in [3.05, 3.63) is 30.0 Å². The van der Waals surface area contributed by atoms with E-state index >= 15 is 0 Å². The molecule has 31 heavy (non-hydrogen) atoms. The van der Waals surface area contributed by atoms with E-state index in [0.717, 1.165) is 56.1 Å². The van der Waals surface area contributed by atoms with Gasteiger partial charge in [0.15, 0.2) is 5.82 Å². The second kappa shape index (κ2) is 8.53. The monoisotopic (exact) mass is 439 g/mol. The molecule has 3 unspecified atom stereocenters. The molecule has 3 aliphatic rings. The number of anilines is 3. The van der Waals surface area contributed by atoms with Crippen molar-refractivity contribution in [3.8, 4) is 0 Å². The van der Waals surface area contributed by atoms with Gasteiger partial charge in [-0.25, -0.2) is 0 Å². The van der Waals surface area contributed by atoms with Crippen molar-refractivity contribution in [1.82, 2.24) is 20.4 Å². The van der Waals surface area contributed by atoms with Crippen molar-refractivity contribution in [3.63, 3.8) is 0 Å². The molecule has 2 N–H and O–H groups in total. The van der Waals surface area contributed by atoms with Gasteiger partial charge in [0, 0.05) is 31.7 Å². The van der Waals surface area contributed by atoms with Crippen LogP contribution in [0.1, 0.15) is 51.9 Å². The Morgan fingerprint density at radius 3 is 3.10 bits per heavy atom. The maximum atomic E-state index is 12.8. The molecule has 2 aromatic heterocycles. The van der Waals surface area contributed by atoms with E-state index in [9.17, 15) is 4.79 Å². The normalized spacial score (nSPS) is 27.6. The van der Waals surface area contributed by atoms with Gasteiger partial charge >= 0.3 is 0 Å². The number of aromatic nitrogens is 4. The van der Waals surface area contributed by atoms with Crippen LogP contribution in [0.2, 0.25) is 0 Å². The van der Waals surface area contributed by atoms with Gasteiger partial charge in [-0.3, -0.25) is 4.79 Å². The number of fused-ring (bicyclic) bond motifs is 2. The molecule has 2 fully saturated rings. The molecule has 164 valence electrons. The fourth-order valence-corrected chi connectivity index (χ4v) is 6.33. The third-order valence-electron chi connectivity index (χ3n) is 6.71. The molecule has 0 spiro atoms. The topological polar surface area (TPSA) is 95.9 Å². The molecule has 1 aliphatic heterocycles. The minimum Gasteiger partial charge on any atom is -0.355 e. The molecular formula is C22H29N7OS. The number of carbonyl (C=O) groups is 1. The third-order valence-corrected chi connectivity index (χ3v) is 7.48. The Balaban J connectivity index is 1.14. The molecular weight excluding hydrogens is 410 g/mol. The Kier molecular flexibility index (Phi) is 5.60. The number of carbonyl (C=O) groups excluding carboxylic acids is 1. The first kappa shape index (κ1) is 20.4. The lowest BCUT2D eigenvalue weighted by Crippen LogP contribution is -2.35. The van der Waals surface area contributed by atoms with Gasteiger partial charge in [-0.05, 0) is 62.0 Å². The van der Waals surface area contributed by atoms with Gasteiger partial charge in [-0.1, -0.05) is 29.9 Å². The number of allylic oxidation sites excluding steroid dienone is 2. The van der Waals surface area contributed by atoms with Crippen molar-refractivity contribution in [2.45, 2.75) is 57.9 Å². The first-order valence-electron chi connectivity index (χ1n) is 11.2. The number of amides is 1. The summed E-state index contributed by atoms with van der Waals surface area (Å²) in [6.45, 7) is 4.08. The van der Waals surface area contributed by atoms with E-state index in [-0.39, 0.29) is 17.4 Å². The highest BCUT2D eigenvalue weighted by molar-refractivity contribution is 7.19. The van der Waals surface area contributed by atoms with Crippen LogP contribution in [-0.2, 0) is 4.79 Å². The molecule has 3 heterocycles. The van der Waals surface area contributed by atoms with Crippen LogP contribution in [0.5, 0.6) is 0 Å². The van der Waals surface area contributed by atoms with Crippen molar-refractivity contribution >= 4 is 33.3 Å². The molecule has 3 atom stereocenters. The average Bonchev–Trinajstić information content (AvgIpc) is 3.37. The van der Waals surface area contributed by atoms with E-state index in [1.165, 1.54) is 17.8 Å². The van der Waals surface area contributed by atoms with E-state index in [4.69, 9.17) is 0 Å². The van der Waals surface area contributed by atoms with Crippen LogP contribution >= 0.6 is 11.3 Å². The van der Waals surface area contributed by atoms with Crippen LogP contribution in [-0.4, -0.2) is 45.4 Å². The molecule has 2 aromatic rings. The highest BCUT2D eigenvalue weighted by atomic mass is 32.1. The highest BCUT2D eigenvalue weighted by Gasteiger charge is 2.40. The quantitative estimate of drug-likeness (QED) is 0.660. The summed E-state index contributed by atoms with van der Waals surface area (Å²) >= 11 is 1.41. The Bertz CT molecular complexity index is 962. The standard InChI is InChI=1S/C22H29N7OS/c1-15-10-16-4-2-7-22(11-15,12-16)13-19(30)25-21-28-27-20(31-21)24-17-6-9-29(14-17)18-5-3-8-23-26-18/h3-5,8,15,17H,2,6-7,9-14H2,1H3,(H,24,27)(H,25,28,30). The predicted molar refractivity (Wildman–Crippen MR) is 122 cm³/mol. The van der Waals surface area contributed by atoms with E-state index in [1.807, 2.05) is 12.1 Å². The number of nitrogens with zero attached hydrogens (tertiary/aromatic N) is 5. The first-order chi connectivity index (χ1) is 15.1. The summed E-state index contributed by atoms with van der Waals surface area (Å²) in [5.41, 5.74) is 1.68. The lowest BCUT2D eigenvalue weighted by molar-refractivity contribution is -0.119. The second-order valence-corrected chi connectivity index (χ2v) is 10.4. The summed E-state index contributed by atoms with van der Waals surface area (Å²) in [4.78, 5) is 15.0. The minimum absolute atomic E-state index is 0.0627. The lowest BCUT2D eigenvalue weighted by Gasteiger charge is -2.43. The second-order valence-electron chi connectivity index (χ2n) is 9.39. The molecule has 5 rings (SSSR count). The Labute approximate surface area is 186 Å². The molecule has 2 aliphatic carbocycles. The van der Waals surface area contributed by atoms with Crippen LogP contribution in [0.4, 0.5) is 16.1 Å². The maximum Gasteiger partial charge on any atom is 0.226 e. The average molecular weight is 440 g/mol. The molecule has 0 aromatic carbocycles. The molecule has 1 saturated heterocycles. The zero-order valence-electron chi connectivity index (χ0n) is 17.9. The molecule has 0 radical (unpaired) electrons. The number of hydrogen-bond donors (Lipinski definition) is 2. The Morgan fingerprint density at radius 2 is 2.23 bits per heavy atom. The summed E-state index contributed by atoms with van der Waals surface area (Å²) in [6, 6.07) is 4.15. The molecule has 2 bridgehead atoms. The summed E-state index contributed by atoms with van der Waals surface area (Å²) < 4.78 is 0.